The van der Waals surface area contributed by atoms with E-state index >= 15 is 0 Å². The van der Waals surface area contributed by atoms with E-state index in [4.69, 9.17) is 11.6 Å². The number of nitrogens with zero attached hydrogens (tertiary/aromatic N) is 3. The van der Waals surface area contributed by atoms with Gasteiger partial charge in [0, 0.05) is 24.0 Å². The molecule has 0 aliphatic carbocycles. The van der Waals surface area contributed by atoms with Crippen LogP contribution >= 0.6 is 23.1 Å². The van der Waals surface area contributed by atoms with Gasteiger partial charge in [-0.25, -0.2) is 0 Å². The van der Waals surface area contributed by atoms with Crippen molar-refractivity contribution in [1.29, 1.82) is 0 Å². The molecule has 1 atom stereocenters. The lowest BCUT2D eigenvalue weighted by Crippen LogP contribution is -2.28. The highest BCUT2D eigenvalue weighted by molar-refractivity contribution is 7.07. The van der Waals surface area contributed by atoms with Crippen LogP contribution in [0.3, 0.4) is 0 Å². The molecule has 0 bridgehead atoms. The van der Waals surface area contributed by atoms with E-state index in [1.807, 2.05) is 36.1 Å². The van der Waals surface area contributed by atoms with Crippen molar-refractivity contribution in [2.45, 2.75) is 19.3 Å². The Morgan fingerprint density at radius 2 is 2.15 bits per heavy atom. The third-order valence-electron chi connectivity index (χ3n) is 3.66. The maximum Gasteiger partial charge on any atom is 0.267 e. The van der Waals surface area contributed by atoms with Gasteiger partial charge in [0.1, 0.15) is 4.88 Å². The van der Waals surface area contributed by atoms with Crippen molar-refractivity contribution in [2.75, 3.05) is 13.1 Å². The van der Waals surface area contributed by atoms with Crippen molar-refractivity contribution in [2.24, 2.45) is 0 Å². The van der Waals surface area contributed by atoms with Crippen molar-refractivity contribution in [3.05, 3.63) is 45.4 Å². The Hall–Kier alpha value is -1.46. The van der Waals surface area contributed by atoms with Gasteiger partial charge in [-0.05, 0) is 42.6 Å². The SMILES string of the molecule is Cc1nnsc1C(=O)N1CC[C@H](c2ccc(Cl)cc2)C1. The standard InChI is InChI=1S/C14H14ClN3OS/c1-9-13(20-17-16-9)14(19)18-7-6-11(8-18)10-2-4-12(15)5-3-10/h2-5,11H,6-8H2,1H3/t11-/m0/s1. The average Bonchev–Trinajstić information content (AvgIpc) is 3.08. The minimum absolute atomic E-state index is 0.0500. The van der Waals surface area contributed by atoms with Crippen LogP contribution < -0.4 is 0 Å². The van der Waals surface area contributed by atoms with Crippen LogP contribution in [0.1, 0.15) is 33.3 Å². The average molecular weight is 308 g/mol. The van der Waals surface area contributed by atoms with Gasteiger partial charge in [0.05, 0.1) is 5.69 Å². The number of benzene rings is 1. The van der Waals surface area contributed by atoms with Gasteiger partial charge < -0.3 is 4.90 Å². The van der Waals surface area contributed by atoms with Crippen molar-refractivity contribution in [1.82, 2.24) is 14.5 Å². The fourth-order valence-corrected chi connectivity index (χ4v) is 3.27. The first-order chi connectivity index (χ1) is 9.65. The minimum atomic E-state index is 0.0500. The molecule has 1 amide bonds. The molecule has 1 saturated heterocycles. The monoisotopic (exact) mass is 307 g/mol. The van der Waals surface area contributed by atoms with E-state index in [0.717, 1.165) is 30.2 Å². The fourth-order valence-electron chi connectivity index (χ4n) is 2.52. The number of hydrogen-bond acceptors (Lipinski definition) is 4. The molecule has 1 fully saturated rings. The molecule has 4 nitrogen and oxygen atoms in total. The number of rotatable bonds is 2. The number of carbonyl (C=O) groups excluding carboxylic acids is 1. The Bertz CT molecular complexity index is 626. The molecule has 104 valence electrons. The molecule has 2 heterocycles. The Kier molecular flexibility index (Phi) is 3.72. The summed E-state index contributed by atoms with van der Waals surface area (Å²) in [5.41, 5.74) is 1.96. The first-order valence-electron chi connectivity index (χ1n) is 6.49. The van der Waals surface area contributed by atoms with Gasteiger partial charge in [0.15, 0.2) is 0 Å². The van der Waals surface area contributed by atoms with Crippen LogP contribution in [0.15, 0.2) is 24.3 Å². The summed E-state index contributed by atoms with van der Waals surface area (Å²) < 4.78 is 3.83. The maximum absolute atomic E-state index is 12.4. The van der Waals surface area contributed by atoms with Gasteiger partial charge in [-0.3, -0.25) is 4.79 Å². The first-order valence-corrected chi connectivity index (χ1v) is 7.64. The zero-order chi connectivity index (χ0) is 14.1. The minimum Gasteiger partial charge on any atom is -0.337 e. The summed E-state index contributed by atoms with van der Waals surface area (Å²) in [5.74, 6) is 0.436. The van der Waals surface area contributed by atoms with Crippen molar-refractivity contribution >= 4 is 29.0 Å². The maximum atomic E-state index is 12.4. The summed E-state index contributed by atoms with van der Waals surface area (Å²) in [5, 5.41) is 4.64. The Morgan fingerprint density at radius 3 is 2.80 bits per heavy atom. The fraction of sp³-hybridized carbons (Fsp3) is 0.357. The van der Waals surface area contributed by atoms with Gasteiger partial charge in [0.25, 0.3) is 5.91 Å². The number of aryl methyl sites for hydroxylation is 1. The molecular weight excluding hydrogens is 294 g/mol. The third-order valence-corrected chi connectivity index (χ3v) is 4.73. The summed E-state index contributed by atoms with van der Waals surface area (Å²) in [7, 11) is 0. The zero-order valence-corrected chi connectivity index (χ0v) is 12.6. The third kappa shape index (κ3) is 2.55. The highest BCUT2D eigenvalue weighted by Crippen LogP contribution is 2.29. The Labute approximate surface area is 126 Å². The van der Waals surface area contributed by atoms with Gasteiger partial charge in [0.2, 0.25) is 0 Å². The van der Waals surface area contributed by atoms with E-state index < -0.39 is 0 Å². The first kappa shape index (κ1) is 13.5. The molecule has 0 unspecified atom stereocenters. The molecule has 1 aliphatic rings. The number of aromatic nitrogens is 2. The smallest absolute Gasteiger partial charge is 0.267 e. The Balaban J connectivity index is 1.72. The number of likely N-dealkylation sites (tertiary alicyclic amines) is 1. The summed E-state index contributed by atoms with van der Waals surface area (Å²) in [6, 6.07) is 7.89. The molecule has 0 N–H and O–H groups in total. The molecule has 2 aromatic rings. The highest BCUT2D eigenvalue weighted by Gasteiger charge is 2.29. The highest BCUT2D eigenvalue weighted by atomic mass is 35.5. The lowest BCUT2D eigenvalue weighted by Gasteiger charge is -2.15. The van der Waals surface area contributed by atoms with Crippen molar-refractivity contribution < 1.29 is 4.79 Å². The van der Waals surface area contributed by atoms with Crippen LogP contribution in [0.5, 0.6) is 0 Å². The predicted octanol–water partition coefficient (Wildman–Crippen LogP) is 3.13. The van der Waals surface area contributed by atoms with E-state index in [0.29, 0.717) is 10.8 Å². The van der Waals surface area contributed by atoms with Gasteiger partial charge in [-0.15, -0.1) is 5.10 Å². The molecular formula is C14H14ClN3OS. The van der Waals surface area contributed by atoms with Gasteiger partial charge in [-0.1, -0.05) is 28.2 Å². The number of amides is 1. The van der Waals surface area contributed by atoms with E-state index in [-0.39, 0.29) is 5.91 Å². The second kappa shape index (κ2) is 5.50. The normalized spacial score (nSPS) is 18.5. The van der Waals surface area contributed by atoms with Crippen LogP contribution in [0.4, 0.5) is 0 Å². The van der Waals surface area contributed by atoms with Crippen LogP contribution in [-0.2, 0) is 0 Å². The van der Waals surface area contributed by atoms with E-state index in [1.54, 1.807) is 0 Å². The summed E-state index contributed by atoms with van der Waals surface area (Å²) in [6.45, 7) is 3.35. The summed E-state index contributed by atoms with van der Waals surface area (Å²) in [6.07, 6.45) is 0.985. The van der Waals surface area contributed by atoms with Crippen molar-refractivity contribution in [3.8, 4) is 0 Å². The van der Waals surface area contributed by atoms with E-state index in [9.17, 15) is 4.79 Å². The molecule has 20 heavy (non-hydrogen) atoms. The quantitative estimate of drug-likeness (QED) is 0.856. The summed E-state index contributed by atoms with van der Waals surface area (Å²) >= 11 is 7.08. The van der Waals surface area contributed by atoms with E-state index in [2.05, 4.69) is 9.59 Å². The van der Waals surface area contributed by atoms with Crippen molar-refractivity contribution in [3.63, 3.8) is 0 Å². The largest absolute Gasteiger partial charge is 0.337 e. The van der Waals surface area contributed by atoms with Gasteiger partial charge >= 0.3 is 0 Å². The number of hydrogen-bond donors (Lipinski definition) is 0. The predicted molar refractivity (Wildman–Crippen MR) is 79.4 cm³/mol. The van der Waals surface area contributed by atoms with Crippen LogP contribution in [-0.4, -0.2) is 33.5 Å². The topological polar surface area (TPSA) is 46.1 Å². The van der Waals surface area contributed by atoms with Gasteiger partial charge in [-0.2, -0.15) is 0 Å². The lowest BCUT2D eigenvalue weighted by molar-refractivity contribution is 0.0794. The lowest BCUT2D eigenvalue weighted by atomic mass is 9.99. The molecule has 6 heteroatoms. The van der Waals surface area contributed by atoms with Crippen LogP contribution in [0.2, 0.25) is 5.02 Å². The molecule has 0 saturated carbocycles. The number of carbonyl (C=O) groups is 1. The molecule has 0 radical (unpaired) electrons. The second-order valence-electron chi connectivity index (χ2n) is 4.98. The molecule has 1 aromatic heterocycles. The molecule has 3 rings (SSSR count). The number of halogens is 1. The van der Waals surface area contributed by atoms with Crippen LogP contribution in [0.25, 0.3) is 0 Å². The summed E-state index contributed by atoms with van der Waals surface area (Å²) in [4.78, 5) is 14.9. The molecule has 1 aliphatic heterocycles. The second-order valence-corrected chi connectivity index (χ2v) is 6.17. The molecule has 0 spiro atoms. The van der Waals surface area contributed by atoms with E-state index in [1.165, 1.54) is 17.1 Å². The van der Waals surface area contributed by atoms with Crippen LogP contribution in [0, 0.1) is 6.92 Å². The zero-order valence-electron chi connectivity index (χ0n) is 11.0. The molecule has 1 aromatic carbocycles. The Morgan fingerprint density at radius 1 is 1.40 bits per heavy atom.